The molecule has 0 aromatic heterocycles. The average molecular weight is 334 g/mol. The first kappa shape index (κ1) is 16.5. The molecule has 126 valence electrons. The van der Waals surface area contributed by atoms with Gasteiger partial charge in [-0.15, -0.1) is 0 Å². The summed E-state index contributed by atoms with van der Waals surface area (Å²) in [7, 11) is 0. The van der Waals surface area contributed by atoms with Gasteiger partial charge in [-0.25, -0.2) is 0 Å². The van der Waals surface area contributed by atoms with Crippen molar-refractivity contribution in [2.75, 3.05) is 6.61 Å². The van der Waals surface area contributed by atoms with E-state index >= 15 is 0 Å². The molecule has 2 amide bonds. The smallest absolute Gasteiger partial charge is 0.258 e. The van der Waals surface area contributed by atoms with Crippen molar-refractivity contribution in [3.8, 4) is 5.75 Å². The molecule has 0 heterocycles. The molecule has 0 radical (unpaired) electrons. The van der Waals surface area contributed by atoms with Crippen molar-refractivity contribution in [1.82, 2.24) is 5.32 Å². The zero-order chi connectivity index (χ0) is 17.6. The van der Waals surface area contributed by atoms with Crippen LogP contribution in [0.2, 0.25) is 0 Å². The minimum atomic E-state index is -0.881. The van der Waals surface area contributed by atoms with Crippen LogP contribution in [0.15, 0.2) is 72.8 Å². The molecular formula is C20H18N2O3. The first-order valence-corrected chi connectivity index (χ1v) is 7.89. The van der Waals surface area contributed by atoms with E-state index in [1.54, 1.807) is 30.3 Å². The van der Waals surface area contributed by atoms with Gasteiger partial charge in [-0.1, -0.05) is 60.7 Å². The maximum atomic E-state index is 12.1. The highest BCUT2D eigenvalue weighted by molar-refractivity contribution is 5.88. The van der Waals surface area contributed by atoms with Crippen LogP contribution >= 0.6 is 0 Å². The van der Waals surface area contributed by atoms with E-state index in [9.17, 15) is 9.59 Å². The first-order chi connectivity index (χ1) is 12.1. The summed E-state index contributed by atoms with van der Waals surface area (Å²) in [4.78, 5) is 23.7. The maximum absolute atomic E-state index is 12.1. The Morgan fingerprint density at radius 1 is 0.920 bits per heavy atom. The molecule has 3 aromatic carbocycles. The molecular weight excluding hydrogens is 316 g/mol. The van der Waals surface area contributed by atoms with Gasteiger partial charge in [0.15, 0.2) is 6.61 Å². The van der Waals surface area contributed by atoms with E-state index in [-0.39, 0.29) is 6.61 Å². The predicted molar refractivity (Wildman–Crippen MR) is 96.0 cm³/mol. The van der Waals surface area contributed by atoms with Crippen molar-refractivity contribution < 1.29 is 14.3 Å². The molecule has 25 heavy (non-hydrogen) atoms. The van der Waals surface area contributed by atoms with Gasteiger partial charge in [0.05, 0.1) is 0 Å². The second kappa shape index (κ2) is 7.49. The molecule has 0 saturated carbocycles. The quantitative estimate of drug-likeness (QED) is 0.727. The lowest BCUT2D eigenvalue weighted by atomic mass is 10.1. The van der Waals surface area contributed by atoms with Crippen LogP contribution in [0.5, 0.6) is 5.75 Å². The highest BCUT2D eigenvalue weighted by atomic mass is 16.5. The van der Waals surface area contributed by atoms with Gasteiger partial charge >= 0.3 is 0 Å². The summed E-state index contributed by atoms with van der Waals surface area (Å²) in [5, 5.41) is 4.72. The Hall–Kier alpha value is -3.34. The van der Waals surface area contributed by atoms with Crippen LogP contribution in [0, 0.1) is 0 Å². The summed E-state index contributed by atoms with van der Waals surface area (Å²) in [6, 6.07) is 21.5. The van der Waals surface area contributed by atoms with E-state index in [0.717, 1.165) is 10.8 Å². The number of hydrogen-bond donors (Lipinski definition) is 2. The predicted octanol–water partition coefficient (Wildman–Crippen LogP) is 2.56. The van der Waals surface area contributed by atoms with Crippen molar-refractivity contribution in [3.05, 3.63) is 78.4 Å². The number of fused-ring (bicyclic) bond motifs is 1. The molecule has 3 aromatic rings. The van der Waals surface area contributed by atoms with Gasteiger partial charge in [0.1, 0.15) is 11.8 Å². The summed E-state index contributed by atoms with van der Waals surface area (Å²) in [6.07, 6.45) is 0. The van der Waals surface area contributed by atoms with Crippen LogP contribution < -0.4 is 15.8 Å². The fraction of sp³-hybridized carbons (Fsp3) is 0.100. The van der Waals surface area contributed by atoms with Crippen molar-refractivity contribution in [3.63, 3.8) is 0 Å². The third kappa shape index (κ3) is 4.14. The fourth-order valence-corrected chi connectivity index (χ4v) is 2.57. The van der Waals surface area contributed by atoms with Gasteiger partial charge in [-0.05, 0) is 28.5 Å². The Morgan fingerprint density at radius 2 is 1.60 bits per heavy atom. The highest BCUT2D eigenvalue weighted by Crippen LogP contribution is 2.20. The van der Waals surface area contributed by atoms with Gasteiger partial charge in [-0.2, -0.15) is 0 Å². The maximum Gasteiger partial charge on any atom is 0.258 e. The van der Waals surface area contributed by atoms with Gasteiger partial charge in [0, 0.05) is 0 Å². The third-order valence-corrected chi connectivity index (χ3v) is 3.81. The molecule has 1 unspecified atom stereocenters. The molecule has 0 fully saturated rings. The number of benzene rings is 3. The minimum absolute atomic E-state index is 0.199. The largest absolute Gasteiger partial charge is 0.484 e. The van der Waals surface area contributed by atoms with Crippen molar-refractivity contribution in [2.24, 2.45) is 5.73 Å². The molecule has 0 spiro atoms. The number of carbonyl (C=O) groups excluding carboxylic acids is 2. The lowest BCUT2D eigenvalue weighted by Gasteiger charge is -2.16. The van der Waals surface area contributed by atoms with Crippen molar-refractivity contribution in [2.45, 2.75) is 6.04 Å². The van der Waals surface area contributed by atoms with Crippen LogP contribution in [0.25, 0.3) is 10.8 Å². The van der Waals surface area contributed by atoms with Crippen molar-refractivity contribution >= 4 is 22.6 Å². The van der Waals surface area contributed by atoms with E-state index in [4.69, 9.17) is 10.5 Å². The second-order valence-corrected chi connectivity index (χ2v) is 5.61. The Morgan fingerprint density at radius 3 is 2.32 bits per heavy atom. The number of nitrogens with two attached hydrogens (primary N) is 1. The number of ether oxygens (including phenoxy) is 1. The van der Waals surface area contributed by atoms with E-state index in [1.807, 2.05) is 42.5 Å². The molecule has 3 N–H and O–H groups in total. The lowest BCUT2D eigenvalue weighted by molar-refractivity contribution is -0.128. The molecule has 0 saturated heterocycles. The summed E-state index contributed by atoms with van der Waals surface area (Å²) in [5.41, 5.74) is 6.03. The van der Waals surface area contributed by atoms with Gasteiger partial charge in [0.25, 0.3) is 5.91 Å². The van der Waals surface area contributed by atoms with Crippen LogP contribution in [-0.2, 0) is 9.59 Å². The molecule has 0 aliphatic heterocycles. The fourth-order valence-electron chi connectivity index (χ4n) is 2.57. The number of carbonyl (C=O) groups is 2. The number of amides is 2. The topological polar surface area (TPSA) is 81.4 Å². The number of rotatable bonds is 6. The Bertz CT molecular complexity index is 894. The molecule has 0 bridgehead atoms. The zero-order valence-electron chi connectivity index (χ0n) is 13.5. The molecule has 3 rings (SSSR count). The summed E-state index contributed by atoms with van der Waals surface area (Å²) >= 11 is 0. The zero-order valence-corrected chi connectivity index (χ0v) is 13.5. The van der Waals surface area contributed by atoms with Crippen LogP contribution in [-0.4, -0.2) is 18.4 Å². The monoisotopic (exact) mass is 334 g/mol. The van der Waals surface area contributed by atoms with E-state index in [1.165, 1.54) is 0 Å². The van der Waals surface area contributed by atoms with Crippen LogP contribution in [0.1, 0.15) is 11.6 Å². The number of hydrogen-bond acceptors (Lipinski definition) is 3. The van der Waals surface area contributed by atoms with Crippen LogP contribution in [0.3, 0.4) is 0 Å². The third-order valence-electron chi connectivity index (χ3n) is 3.81. The molecule has 5 heteroatoms. The SMILES string of the molecule is NC(=O)C(NC(=O)COc1ccc2ccccc2c1)c1ccccc1. The Kier molecular flexibility index (Phi) is 4.95. The summed E-state index contributed by atoms with van der Waals surface area (Å²) in [6.45, 7) is -0.199. The Labute approximate surface area is 145 Å². The summed E-state index contributed by atoms with van der Waals surface area (Å²) in [5.74, 6) is -0.449. The minimum Gasteiger partial charge on any atom is -0.484 e. The standard InChI is InChI=1S/C20H18N2O3/c21-20(24)19(15-7-2-1-3-8-15)22-18(23)13-25-17-11-10-14-6-4-5-9-16(14)12-17/h1-12,19H,13H2,(H2,21,24)(H,22,23). The van der Waals surface area contributed by atoms with Crippen LogP contribution in [0.4, 0.5) is 0 Å². The normalized spacial score (nSPS) is 11.7. The van der Waals surface area contributed by atoms with E-state index in [0.29, 0.717) is 11.3 Å². The molecule has 1 atom stereocenters. The van der Waals surface area contributed by atoms with Gasteiger partial charge in [0.2, 0.25) is 5.91 Å². The molecule has 0 aliphatic carbocycles. The van der Waals surface area contributed by atoms with Gasteiger partial charge in [-0.3, -0.25) is 9.59 Å². The highest BCUT2D eigenvalue weighted by Gasteiger charge is 2.20. The Balaban J connectivity index is 1.64. The van der Waals surface area contributed by atoms with Crippen molar-refractivity contribution in [1.29, 1.82) is 0 Å². The second-order valence-electron chi connectivity index (χ2n) is 5.61. The number of nitrogens with one attached hydrogen (secondary N) is 1. The van der Waals surface area contributed by atoms with E-state index < -0.39 is 17.9 Å². The molecule has 5 nitrogen and oxygen atoms in total. The number of primary amides is 1. The summed E-state index contributed by atoms with van der Waals surface area (Å²) < 4.78 is 5.53. The average Bonchev–Trinajstić information content (AvgIpc) is 2.64. The van der Waals surface area contributed by atoms with E-state index in [2.05, 4.69) is 5.32 Å². The van der Waals surface area contributed by atoms with Gasteiger partial charge < -0.3 is 15.8 Å². The molecule has 0 aliphatic rings. The lowest BCUT2D eigenvalue weighted by Crippen LogP contribution is -2.39. The first-order valence-electron chi connectivity index (χ1n) is 7.89.